The summed E-state index contributed by atoms with van der Waals surface area (Å²) in [5, 5.41) is 5.36. The molecule has 3 aromatic rings. The first-order valence-corrected chi connectivity index (χ1v) is 10.7. The second kappa shape index (κ2) is 8.57. The van der Waals surface area contributed by atoms with Crippen molar-refractivity contribution in [2.45, 2.75) is 26.0 Å². The molecule has 1 unspecified atom stereocenters. The van der Waals surface area contributed by atoms with Crippen molar-refractivity contribution in [3.63, 3.8) is 0 Å². The van der Waals surface area contributed by atoms with Crippen LogP contribution in [0.3, 0.4) is 0 Å². The van der Waals surface area contributed by atoms with Gasteiger partial charge >= 0.3 is 0 Å². The number of piperazine rings is 1. The number of benzene rings is 1. The van der Waals surface area contributed by atoms with Gasteiger partial charge in [-0.3, -0.25) is 9.58 Å². The van der Waals surface area contributed by atoms with Crippen molar-refractivity contribution >= 4 is 16.6 Å². The van der Waals surface area contributed by atoms with Gasteiger partial charge in [-0.15, -0.1) is 0 Å². The van der Waals surface area contributed by atoms with Crippen molar-refractivity contribution in [1.29, 1.82) is 0 Å². The molecule has 0 bridgehead atoms. The van der Waals surface area contributed by atoms with Gasteiger partial charge in [0, 0.05) is 51.0 Å². The molecule has 0 saturated carbocycles. The molecule has 1 atom stereocenters. The van der Waals surface area contributed by atoms with E-state index in [4.69, 9.17) is 9.47 Å². The topological polar surface area (TPSA) is 68.5 Å². The second-order valence-corrected chi connectivity index (χ2v) is 8.09. The average molecular weight is 409 g/mol. The van der Waals surface area contributed by atoms with E-state index in [1.165, 1.54) is 11.3 Å². The Morgan fingerprint density at radius 2 is 2.03 bits per heavy atom. The van der Waals surface area contributed by atoms with Gasteiger partial charge in [0.05, 0.1) is 36.9 Å². The summed E-state index contributed by atoms with van der Waals surface area (Å²) in [6.07, 6.45) is 6.58. The molecule has 8 nitrogen and oxygen atoms in total. The Kier molecular flexibility index (Phi) is 5.50. The minimum atomic E-state index is 0.0777. The van der Waals surface area contributed by atoms with Gasteiger partial charge in [0.1, 0.15) is 12.4 Å². The molecule has 0 N–H and O–H groups in total. The Hall–Kier alpha value is -2.71. The second-order valence-electron chi connectivity index (χ2n) is 8.09. The summed E-state index contributed by atoms with van der Waals surface area (Å²) in [4.78, 5) is 13.8. The van der Waals surface area contributed by atoms with Crippen molar-refractivity contribution in [3.05, 3.63) is 42.5 Å². The lowest BCUT2D eigenvalue weighted by Gasteiger charge is -2.36. The lowest BCUT2D eigenvalue weighted by molar-refractivity contribution is 0.139. The summed E-state index contributed by atoms with van der Waals surface area (Å²) in [5.41, 5.74) is 3.33. The van der Waals surface area contributed by atoms with Crippen molar-refractivity contribution in [2.75, 3.05) is 50.8 Å². The molecule has 2 aromatic heterocycles. The normalized spacial score (nSPS) is 20.2. The summed E-state index contributed by atoms with van der Waals surface area (Å²) in [7, 11) is 0. The van der Waals surface area contributed by atoms with Crippen LogP contribution in [0.4, 0.5) is 5.69 Å². The van der Waals surface area contributed by atoms with Crippen LogP contribution in [0.2, 0.25) is 0 Å². The van der Waals surface area contributed by atoms with E-state index >= 15 is 0 Å². The third kappa shape index (κ3) is 4.24. The molecule has 30 heavy (non-hydrogen) atoms. The van der Waals surface area contributed by atoms with E-state index in [0.29, 0.717) is 12.5 Å². The molecule has 8 heteroatoms. The predicted octanol–water partition coefficient (Wildman–Crippen LogP) is 2.12. The van der Waals surface area contributed by atoms with E-state index in [9.17, 15) is 0 Å². The van der Waals surface area contributed by atoms with Crippen LogP contribution >= 0.6 is 0 Å². The van der Waals surface area contributed by atoms with Gasteiger partial charge in [-0.25, -0.2) is 9.97 Å². The van der Waals surface area contributed by atoms with E-state index in [-0.39, 0.29) is 6.10 Å². The minimum Gasteiger partial charge on any atom is -0.471 e. The third-order valence-electron chi connectivity index (χ3n) is 5.89. The molecule has 2 aliphatic heterocycles. The Balaban J connectivity index is 1.24. The summed E-state index contributed by atoms with van der Waals surface area (Å²) >= 11 is 0. The minimum absolute atomic E-state index is 0.0777. The predicted molar refractivity (Wildman–Crippen MR) is 115 cm³/mol. The zero-order valence-corrected chi connectivity index (χ0v) is 17.4. The molecule has 158 valence electrons. The van der Waals surface area contributed by atoms with Crippen LogP contribution in [0.15, 0.2) is 36.9 Å². The van der Waals surface area contributed by atoms with Crippen molar-refractivity contribution in [3.8, 4) is 5.88 Å². The maximum atomic E-state index is 6.11. The van der Waals surface area contributed by atoms with E-state index in [1.807, 2.05) is 10.9 Å². The highest BCUT2D eigenvalue weighted by molar-refractivity contribution is 5.86. The van der Waals surface area contributed by atoms with E-state index in [2.05, 4.69) is 56.2 Å². The van der Waals surface area contributed by atoms with Crippen molar-refractivity contribution in [2.24, 2.45) is 0 Å². The van der Waals surface area contributed by atoms with Crippen molar-refractivity contribution in [1.82, 2.24) is 24.6 Å². The fraction of sp³-hybridized carbons (Fsp3) is 0.500. The molecule has 0 aliphatic carbocycles. The first-order valence-electron chi connectivity index (χ1n) is 10.7. The quantitative estimate of drug-likeness (QED) is 0.619. The highest BCUT2D eigenvalue weighted by Crippen LogP contribution is 2.28. The van der Waals surface area contributed by atoms with Crippen molar-refractivity contribution < 1.29 is 9.47 Å². The van der Waals surface area contributed by atoms with Gasteiger partial charge in [-0.1, -0.05) is 0 Å². The first-order chi connectivity index (χ1) is 14.7. The molecule has 5 rings (SSSR count). The Labute approximate surface area is 176 Å². The zero-order valence-electron chi connectivity index (χ0n) is 17.4. The molecule has 4 heterocycles. The average Bonchev–Trinajstić information content (AvgIpc) is 3.44. The smallest absolute Gasteiger partial charge is 0.224 e. The fourth-order valence-electron chi connectivity index (χ4n) is 4.14. The van der Waals surface area contributed by atoms with E-state index in [1.54, 1.807) is 6.33 Å². The summed E-state index contributed by atoms with van der Waals surface area (Å²) in [6, 6.07) is 6.39. The van der Waals surface area contributed by atoms with Gasteiger partial charge in [0.25, 0.3) is 0 Å². The number of ether oxygens (including phenoxy) is 2. The lowest BCUT2D eigenvalue weighted by atomic mass is 10.2. The first kappa shape index (κ1) is 19.3. The number of nitrogens with zero attached hydrogens (tertiary/aromatic N) is 6. The van der Waals surface area contributed by atoms with E-state index in [0.717, 1.165) is 63.2 Å². The molecule has 2 aliphatic rings. The summed E-state index contributed by atoms with van der Waals surface area (Å²) in [6.45, 7) is 9.53. The molecule has 0 spiro atoms. The molecule has 0 radical (unpaired) electrons. The number of anilines is 1. The standard InChI is InChI=1S/C22H28N6O2/c1-17-13-25-28(14-17)10-7-26-5-8-27(9-6-26)18-2-3-21-20(12-18)22(24-16-23-21)30-19-4-11-29-15-19/h2-3,12-14,16,19H,4-11,15H2,1H3. The number of rotatable bonds is 6. The number of aryl methyl sites for hydroxylation is 1. The number of hydrogen-bond acceptors (Lipinski definition) is 7. The molecular weight excluding hydrogens is 380 g/mol. The Morgan fingerprint density at radius 1 is 1.13 bits per heavy atom. The maximum absolute atomic E-state index is 6.11. The number of fused-ring (bicyclic) bond motifs is 1. The largest absolute Gasteiger partial charge is 0.471 e. The number of aromatic nitrogens is 4. The van der Waals surface area contributed by atoms with Crippen LogP contribution in [0.1, 0.15) is 12.0 Å². The fourth-order valence-corrected chi connectivity index (χ4v) is 4.14. The zero-order chi connectivity index (χ0) is 20.3. The molecule has 2 saturated heterocycles. The van der Waals surface area contributed by atoms with Gasteiger partial charge in [-0.2, -0.15) is 5.10 Å². The van der Waals surface area contributed by atoms with Gasteiger partial charge in [0.2, 0.25) is 5.88 Å². The third-order valence-corrected chi connectivity index (χ3v) is 5.89. The summed E-state index contributed by atoms with van der Waals surface area (Å²) < 4.78 is 13.6. The highest BCUT2D eigenvalue weighted by atomic mass is 16.5. The van der Waals surface area contributed by atoms with Crippen LogP contribution < -0.4 is 9.64 Å². The van der Waals surface area contributed by atoms with Crippen LogP contribution in [-0.2, 0) is 11.3 Å². The SMILES string of the molecule is Cc1cnn(CCN2CCN(c3ccc4ncnc(OC5CCOC5)c4c3)CC2)c1. The monoisotopic (exact) mass is 408 g/mol. The van der Waals surface area contributed by atoms with Crippen LogP contribution in [0, 0.1) is 6.92 Å². The summed E-state index contributed by atoms with van der Waals surface area (Å²) in [5.74, 6) is 0.658. The number of hydrogen-bond donors (Lipinski definition) is 0. The Bertz CT molecular complexity index is 992. The van der Waals surface area contributed by atoms with Crippen LogP contribution in [0.25, 0.3) is 10.9 Å². The van der Waals surface area contributed by atoms with Crippen LogP contribution in [0.5, 0.6) is 5.88 Å². The van der Waals surface area contributed by atoms with E-state index < -0.39 is 0 Å². The molecular formula is C22H28N6O2. The maximum Gasteiger partial charge on any atom is 0.224 e. The highest BCUT2D eigenvalue weighted by Gasteiger charge is 2.21. The molecule has 1 aromatic carbocycles. The molecule has 0 amide bonds. The van der Waals surface area contributed by atoms with Gasteiger partial charge < -0.3 is 14.4 Å². The Morgan fingerprint density at radius 3 is 2.80 bits per heavy atom. The van der Waals surface area contributed by atoms with Gasteiger partial charge in [-0.05, 0) is 30.7 Å². The molecule has 2 fully saturated rings. The van der Waals surface area contributed by atoms with Gasteiger partial charge in [0.15, 0.2) is 0 Å². The van der Waals surface area contributed by atoms with Crippen LogP contribution in [-0.4, -0.2) is 76.7 Å². The lowest BCUT2D eigenvalue weighted by Crippen LogP contribution is -2.47.